The minimum atomic E-state index is -0.0712. The van der Waals surface area contributed by atoms with Gasteiger partial charge in [-0.1, -0.05) is 24.6 Å². The number of pyridine rings is 1. The Labute approximate surface area is 225 Å². The quantitative estimate of drug-likeness (QED) is 0.256. The third-order valence-corrected chi connectivity index (χ3v) is 9.08. The van der Waals surface area contributed by atoms with Crippen LogP contribution >= 0.6 is 46.4 Å². The Balaban J connectivity index is 1.56. The Hall–Kier alpha value is -1.84. The molecule has 3 aromatic rings. The molecule has 0 saturated carbocycles. The average Bonchev–Trinajstić information content (AvgIpc) is 3.29. The monoisotopic (exact) mass is 605 g/mol. The van der Waals surface area contributed by atoms with E-state index >= 15 is 0 Å². The van der Waals surface area contributed by atoms with Crippen LogP contribution in [-0.4, -0.2) is 28.2 Å². The Kier molecular flexibility index (Phi) is 6.79. The Morgan fingerprint density at radius 2 is 1.88 bits per heavy atom. The van der Waals surface area contributed by atoms with Crippen molar-refractivity contribution >= 4 is 62.9 Å². The summed E-state index contributed by atoms with van der Waals surface area (Å²) in [5, 5.41) is 5.01. The van der Waals surface area contributed by atoms with Crippen molar-refractivity contribution in [1.29, 1.82) is 0 Å². The summed E-state index contributed by atoms with van der Waals surface area (Å²) in [6, 6.07) is 12.3. The van der Waals surface area contributed by atoms with Crippen LogP contribution < -0.4 is 15.1 Å². The highest BCUT2D eigenvalue weighted by Crippen LogP contribution is 2.45. The molecule has 5 rings (SSSR count). The molecule has 0 aliphatic carbocycles. The number of aryl methyl sites for hydroxylation is 2. The van der Waals surface area contributed by atoms with E-state index in [1.807, 2.05) is 18.3 Å². The molecule has 178 valence electrons. The van der Waals surface area contributed by atoms with E-state index in [1.165, 1.54) is 27.7 Å². The summed E-state index contributed by atoms with van der Waals surface area (Å²) >= 11 is 15.2. The Morgan fingerprint density at radius 3 is 2.50 bits per heavy atom. The van der Waals surface area contributed by atoms with Crippen molar-refractivity contribution in [3.05, 3.63) is 73.8 Å². The molecule has 0 radical (unpaired) electrons. The summed E-state index contributed by atoms with van der Waals surface area (Å²) in [5.74, 6) is 0.780. The molecule has 1 aromatic carbocycles. The van der Waals surface area contributed by atoms with Crippen LogP contribution in [0.15, 0.2) is 42.6 Å². The molecule has 0 unspecified atom stereocenters. The normalized spacial score (nSPS) is 21.3. The maximum absolute atomic E-state index is 6.89. The molecule has 8 heteroatoms. The number of rotatable bonds is 4. The van der Waals surface area contributed by atoms with E-state index in [0.29, 0.717) is 5.11 Å². The lowest BCUT2D eigenvalue weighted by molar-refractivity contribution is 0.438. The van der Waals surface area contributed by atoms with Gasteiger partial charge in [0.15, 0.2) is 5.11 Å². The standard InChI is InChI=1S/C26H29ClIN5S/c1-15-9-12-32(13-10-15)21-8-7-18(14-19(21)27)33-25(22-16(2)30-17(3)23(22)28)24(31-26(33)34)20-6-4-5-11-29-20/h4-8,11,14-15,24-25,30H,9-10,12-13H2,1-3H3,(H,31,34)/t24-,25-/m0/s1. The lowest BCUT2D eigenvalue weighted by atomic mass is 9.96. The highest BCUT2D eigenvalue weighted by atomic mass is 127. The van der Waals surface area contributed by atoms with E-state index in [1.54, 1.807) is 0 Å². The van der Waals surface area contributed by atoms with Crippen molar-refractivity contribution in [1.82, 2.24) is 15.3 Å². The molecule has 0 amide bonds. The van der Waals surface area contributed by atoms with Crippen LogP contribution in [0.25, 0.3) is 0 Å². The van der Waals surface area contributed by atoms with Gasteiger partial charge >= 0.3 is 0 Å². The van der Waals surface area contributed by atoms with Crippen molar-refractivity contribution in [2.75, 3.05) is 22.9 Å². The Morgan fingerprint density at radius 1 is 1.12 bits per heavy atom. The summed E-state index contributed by atoms with van der Waals surface area (Å²) in [6.07, 6.45) is 4.25. The lowest BCUT2D eigenvalue weighted by Crippen LogP contribution is -2.33. The highest BCUT2D eigenvalue weighted by molar-refractivity contribution is 14.1. The first-order chi connectivity index (χ1) is 16.3. The zero-order chi connectivity index (χ0) is 24.0. The van der Waals surface area contributed by atoms with Gasteiger partial charge in [0, 0.05) is 45.5 Å². The van der Waals surface area contributed by atoms with Gasteiger partial charge in [0.25, 0.3) is 0 Å². The van der Waals surface area contributed by atoms with E-state index in [2.05, 4.69) is 92.7 Å². The van der Waals surface area contributed by atoms with Crippen molar-refractivity contribution in [3.8, 4) is 0 Å². The van der Waals surface area contributed by atoms with E-state index in [-0.39, 0.29) is 12.1 Å². The molecule has 2 aromatic heterocycles. The van der Waals surface area contributed by atoms with Crippen LogP contribution in [0.5, 0.6) is 0 Å². The summed E-state index contributed by atoms with van der Waals surface area (Å²) in [5.41, 5.74) is 6.63. The van der Waals surface area contributed by atoms with Crippen molar-refractivity contribution < 1.29 is 0 Å². The summed E-state index contributed by atoms with van der Waals surface area (Å²) < 4.78 is 1.22. The van der Waals surface area contributed by atoms with E-state index in [0.717, 1.165) is 46.8 Å². The molecule has 2 aliphatic rings. The maximum atomic E-state index is 6.89. The van der Waals surface area contributed by atoms with Gasteiger partial charge in [0.1, 0.15) is 0 Å². The number of aromatic amines is 1. The fraction of sp³-hybridized carbons (Fsp3) is 0.385. The molecule has 0 bridgehead atoms. The zero-order valence-electron chi connectivity index (χ0n) is 19.6. The first-order valence-corrected chi connectivity index (χ1v) is 13.6. The fourth-order valence-corrected chi connectivity index (χ4v) is 6.70. The molecule has 2 atom stereocenters. The lowest BCUT2D eigenvalue weighted by Gasteiger charge is -2.33. The number of benzene rings is 1. The van der Waals surface area contributed by atoms with Gasteiger partial charge in [0.2, 0.25) is 0 Å². The number of nitrogens with zero attached hydrogens (tertiary/aromatic N) is 3. The predicted octanol–water partition coefficient (Wildman–Crippen LogP) is 6.70. The molecule has 5 nitrogen and oxygen atoms in total. The van der Waals surface area contributed by atoms with Crippen LogP contribution in [0.2, 0.25) is 5.02 Å². The topological polar surface area (TPSA) is 47.2 Å². The third kappa shape index (κ3) is 4.31. The predicted molar refractivity (Wildman–Crippen MR) is 153 cm³/mol. The van der Waals surface area contributed by atoms with Gasteiger partial charge in [-0.05, 0) is 97.7 Å². The number of H-pyrrole nitrogens is 1. The fourth-order valence-electron chi connectivity index (χ4n) is 5.20. The van der Waals surface area contributed by atoms with Gasteiger partial charge in [0.05, 0.1) is 28.5 Å². The Bertz CT molecular complexity index is 1210. The number of piperidine rings is 1. The number of hydrogen-bond donors (Lipinski definition) is 2. The molecule has 34 heavy (non-hydrogen) atoms. The molecule has 2 aliphatic heterocycles. The first-order valence-electron chi connectivity index (χ1n) is 11.7. The first kappa shape index (κ1) is 23.9. The van der Waals surface area contributed by atoms with Gasteiger partial charge in [-0.15, -0.1) is 0 Å². The molecular weight excluding hydrogens is 577 g/mol. The minimum absolute atomic E-state index is 0.0444. The molecule has 2 fully saturated rings. The van der Waals surface area contributed by atoms with Gasteiger partial charge in [-0.3, -0.25) is 4.98 Å². The smallest absolute Gasteiger partial charge is 0.174 e. The van der Waals surface area contributed by atoms with E-state index < -0.39 is 0 Å². The number of thiocarbonyl (C=S) groups is 1. The number of aromatic nitrogens is 2. The molecule has 4 heterocycles. The van der Waals surface area contributed by atoms with Crippen LogP contribution in [0.1, 0.15) is 54.5 Å². The van der Waals surface area contributed by atoms with Gasteiger partial charge in [-0.25, -0.2) is 0 Å². The summed E-state index contributed by atoms with van der Waals surface area (Å²) in [7, 11) is 0. The molecular formula is C26H29ClIN5S. The second kappa shape index (κ2) is 9.66. The second-order valence-electron chi connectivity index (χ2n) is 9.40. The van der Waals surface area contributed by atoms with Crippen molar-refractivity contribution in [2.24, 2.45) is 5.92 Å². The largest absolute Gasteiger partial charge is 0.370 e. The van der Waals surface area contributed by atoms with Crippen LogP contribution in [0, 0.1) is 23.3 Å². The summed E-state index contributed by atoms with van der Waals surface area (Å²) in [6.45, 7) is 8.67. The maximum Gasteiger partial charge on any atom is 0.174 e. The van der Waals surface area contributed by atoms with Gasteiger partial charge in [-0.2, -0.15) is 0 Å². The van der Waals surface area contributed by atoms with Crippen molar-refractivity contribution in [3.63, 3.8) is 0 Å². The number of halogens is 2. The van der Waals surface area contributed by atoms with Crippen LogP contribution in [0.4, 0.5) is 11.4 Å². The SMILES string of the molecule is Cc1[nH]c(C)c([C@H]2[C@H](c3ccccn3)NC(=S)N2c2ccc(N3CCC(C)CC3)c(Cl)c2)c1I. The molecule has 0 spiro atoms. The van der Waals surface area contributed by atoms with Gasteiger partial charge < -0.3 is 20.1 Å². The molecule has 2 saturated heterocycles. The number of hydrogen-bond acceptors (Lipinski definition) is 3. The third-order valence-electron chi connectivity index (χ3n) is 7.07. The second-order valence-corrected chi connectivity index (χ2v) is 11.3. The van der Waals surface area contributed by atoms with E-state index in [4.69, 9.17) is 23.8 Å². The van der Waals surface area contributed by atoms with Crippen LogP contribution in [-0.2, 0) is 0 Å². The number of nitrogens with one attached hydrogen (secondary N) is 2. The van der Waals surface area contributed by atoms with Crippen molar-refractivity contribution in [2.45, 2.75) is 45.7 Å². The summed E-state index contributed by atoms with van der Waals surface area (Å²) in [4.78, 5) is 12.8. The molecule has 2 N–H and O–H groups in total. The highest BCUT2D eigenvalue weighted by Gasteiger charge is 2.43. The number of anilines is 2. The zero-order valence-corrected chi connectivity index (χ0v) is 23.3. The van der Waals surface area contributed by atoms with Crippen LogP contribution in [0.3, 0.4) is 0 Å². The average molecular weight is 606 g/mol. The minimum Gasteiger partial charge on any atom is -0.370 e. The van der Waals surface area contributed by atoms with E-state index in [9.17, 15) is 0 Å².